The third-order valence-electron chi connectivity index (χ3n) is 4.88. The maximum absolute atomic E-state index is 13.1. The molecule has 0 aliphatic carbocycles. The number of hydrogen-bond donors (Lipinski definition) is 0. The summed E-state index contributed by atoms with van der Waals surface area (Å²) in [4.78, 5) is 13.1. The Hall–Kier alpha value is -3.23. The van der Waals surface area contributed by atoms with Crippen LogP contribution in [0, 0.1) is 0 Å². The highest BCUT2D eigenvalue weighted by molar-refractivity contribution is 7.24. The Balaban J connectivity index is 1.72. The first-order valence-corrected chi connectivity index (χ1v) is 9.73. The second-order valence-electron chi connectivity index (χ2n) is 6.59. The molecule has 0 bridgehead atoms. The van der Waals surface area contributed by atoms with Crippen LogP contribution in [0.15, 0.2) is 102 Å². The molecule has 0 amide bonds. The van der Waals surface area contributed by atoms with Gasteiger partial charge in [-0.15, -0.1) is 11.3 Å². The van der Waals surface area contributed by atoms with Crippen molar-refractivity contribution in [2.75, 3.05) is 0 Å². The molecule has 0 saturated carbocycles. The van der Waals surface area contributed by atoms with E-state index in [1.54, 1.807) is 11.3 Å². The van der Waals surface area contributed by atoms with Gasteiger partial charge >= 0.3 is 0 Å². The molecule has 1 aromatic heterocycles. The van der Waals surface area contributed by atoms with Crippen LogP contribution in [-0.2, 0) is 0 Å². The maximum atomic E-state index is 13.1. The van der Waals surface area contributed by atoms with Crippen molar-refractivity contribution >= 4 is 31.5 Å². The molecule has 0 unspecified atom stereocenters. The Morgan fingerprint density at radius 2 is 1.07 bits per heavy atom. The first kappa shape index (κ1) is 16.0. The van der Waals surface area contributed by atoms with Crippen LogP contribution >= 0.6 is 11.3 Å². The average molecular weight is 364 g/mol. The highest BCUT2D eigenvalue weighted by Gasteiger charge is 2.09. The topological polar surface area (TPSA) is 17.1 Å². The number of benzene rings is 4. The summed E-state index contributed by atoms with van der Waals surface area (Å²) in [6.07, 6.45) is 0. The van der Waals surface area contributed by atoms with Crippen molar-refractivity contribution in [2.45, 2.75) is 0 Å². The fourth-order valence-electron chi connectivity index (χ4n) is 3.47. The molecule has 4 aromatic carbocycles. The molecular formula is C25H16OS. The Kier molecular flexibility index (Phi) is 3.84. The minimum Gasteiger partial charge on any atom is -0.289 e. The minimum atomic E-state index is 0.108. The van der Waals surface area contributed by atoms with Crippen LogP contribution in [-0.4, -0.2) is 0 Å². The van der Waals surface area contributed by atoms with Crippen LogP contribution in [0.25, 0.3) is 42.4 Å². The molecule has 1 heterocycles. The van der Waals surface area contributed by atoms with Gasteiger partial charge in [0.25, 0.3) is 0 Å². The van der Waals surface area contributed by atoms with Gasteiger partial charge in [0.1, 0.15) is 0 Å². The van der Waals surface area contributed by atoms with Crippen molar-refractivity contribution in [2.24, 2.45) is 0 Å². The zero-order valence-corrected chi connectivity index (χ0v) is 15.4. The Labute approximate surface area is 161 Å². The smallest absolute Gasteiger partial charge is 0.195 e. The quantitative estimate of drug-likeness (QED) is 0.317. The lowest BCUT2D eigenvalue weighted by Gasteiger charge is -2.07. The van der Waals surface area contributed by atoms with Crippen molar-refractivity contribution in [1.82, 2.24) is 0 Å². The lowest BCUT2D eigenvalue weighted by Crippen LogP contribution is -2.01. The summed E-state index contributed by atoms with van der Waals surface area (Å²) in [6.45, 7) is 0. The SMILES string of the molecule is O=c1c2ccc(-c3ccccc3)cc2sc2ccc(-c3ccccc3)cc12. The molecule has 5 rings (SSSR count). The van der Waals surface area contributed by atoms with Crippen LogP contribution in [0.2, 0.25) is 0 Å². The van der Waals surface area contributed by atoms with Gasteiger partial charge in [0.15, 0.2) is 5.43 Å². The van der Waals surface area contributed by atoms with E-state index < -0.39 is 0 Å². The standard InChI is InChI=1S/C25H16OS/c26-25-21-13-11-20(18-9-5-2-6-10-18)16-24(21)27-23-14-12-19(15-22(23)25)17-7-3-1-4-8-17/h1-16H. The van der Waals surface area contributed by atoms with Crippen molar-refractivity contribution in [3.05, 3.63) is 107 Å². The summed E-state index contributed by atoms with van der Waals surface area (Å²) >= 11 is 1.68. The Bertz CT molecular complexity index is 1320. The van der Waals surface area contributed by atoms with E-state index in [4.69, 9.17) is 0 Å². The van der Waals surface area contributed by atoms with Crippen LogP contribution in [0.5, 0.6) is 0 Å². The summed E-state index contributed by atoms with van der Waals surface area (Å²) in [5.74, 6) is 0. The van der Waals surface area contributed by atoms with Crippen LogP contribution in [0.4, 0.5) is 0 Å². The van der Waals surface area contributed by atoms with Crippen molar-refractivity contribution < 1.29 is 0 Å². The molecular weight excluding hydrogens is 348 g/mol. The number of hydrogen-bond acceptors (Lipinski definition) is 2. The van der Waals surface area contributed by atoms with E-state index in [1.165, 1.54) is 5.56 Å². The average Bonchev–Trinajstić information content (AvgIpc) is 2.75. The monoisotopic (exact) mass is 364 g/mol. The summed E-state index contributed by atoms with van der Waals surface area (Å²) in [5.41, 5.74) is 4.62. The second-order valence-corrected chi connectivity index (χ2v) is 7.67. The molecule has 128 valence electrons. The van der Waals surface area contributed by atoms with Gasteiger partial charge in [-0.25, -0.2) is 0 Å². The van der Waals surface area contributed by atoms with Gasteiger partial charge in [0.2, 0.25) is 0 Å². The minimum absolute atomic E-state index is 0.108. The highest BCUT2D eigenvalue weighted by atomic mass is 32.1. The summed E-state index contributed by atoms with van der Waals surface area (Å²) < 4.78 is 2.05. The fourth-order valence-corrected chi connectivity index (χ4v) is 4.57. The molecule has 0 aliphatic heterocycles. The predicted octanol–water partition coefficient (Wildman–Crippen LogP) is 6.75. The zero-order valence-electron chi connectivity index (χ0n) is 14.6. The maximum Gasteiger partial charge on any atom is 0.195 e. The molecule has 0 N–H and O–H groups in total. The van der Waals surface area contributed by atoms with E-state index in [0.29, 0.717) is 0 Å². The van der Waals surface area contributed by atoms with Crippen LogP contribution in [0.3, 0.4) is 0 Å². The van der Waals surface area contributed by atoms with Gasteiger partial charge in [-0.3, -0.25) is 4.79 Å². The third kappa shape index (κ3) is 2.84. The van der Waals surface area contributed by atoms with Crippen LogP contribution < -0.4 is 5.43 Å². The largest absolute Gasteiger partial charge is 0.289 e. The third-order valence-corrected chi connectivity index (χ3v) is 6.02. The van der Waals surface area contributed by atoms with Crippen LogP contribution in [0.1, 0.15) is 0 Å². The van der Waals surface area contributed by atoms with Gasteiger partial charge < -0.3 is 0 Å². The number of rotatable bonds is 2. The number of fused-ring (bicyclic) bond motifs is 2. The second kappa shape index (κ2) is 6.49. The molecule has 5 aromatic rings. The van der Waals surface area contributed by atoms with E-state index in [1.807, 2.05) is 54.6 Å². The van der Waals surface area contributed by atoms with E-state index in [0.717, 1.165) is 36.9 Å². The molecule has 0 saturated heterocycles. The molecule has 0 fully saturated rings. The van der Waals surface area contributed by atoms with Gasteiger partial charge in [0, 0.05) is 20.2 Å². The lowest BCUT2D eigenvalue weighted by atomic mass is 10.0. The first-order valence-electron chi connectivity index (χ1n) is 8.91. The highest BCUT2D eigenvalue weighted by Crippen LogP contribution is 2.31. The van der Waals surface area contributed by atoms with E-state index in [2.05, 4.69) is 42.5 Å². The Morgan fingerprint density at radius 3 is 1.74 bits per heavy atom. The van der Waals surface area contributed by atoms with Crippen molar-refractivity contribution in [3.8, 4) is 22.3 Å². The lowest BCUT2D eigenvalue weighted by molar-refractivity contribution is 1.64. The molecule has 0 radical (unpaired) electrons. The normalized spacial score (nSPS) is 11.1. The summed E-state index contributed by atoms with van der Waals surface area (Å²) in [7, 11) is 0. The van der Waals surface area contributed by atoms with Crippen molar-refractivity contribution in [1.29, 1.82) is 0 Å². The summed E-state index contributed by atoms with van der Waals surface area (Å²) in [6, 6.07) is 32.8. The van der Waals surface area contributed by atoms with Gasteiger partial charge in [-0.1, -0.05) is 72.8 Å². The van der Waals surface area contributed by atoms with Gasteiger partial charge in [0.05, 0.1) is 0 Å². The first-order chi connectivity index (χ1) is 13.3. The molecule has 0 spiro atoms. The van der Waals surface area contributed by atoms with E-state index in [-0.39, 0.29) is 5.43 Å². The van der Waals surface area contributed by atoms with Gasteiger partial charge in [-0.05, 0) is 46.5 Å². The van der Waals surface area contributed by atoms with Gasteiger partial charge in [-0.2, -0.15) is 0 Å². The van der Waals surface area contributed by atoms with E-state index >= 15 is 0 Å². The molecule has 2 heteroatoms. The predicted molar refractivity (Wildman–Crippen MR) is 116 cm³/mol. The van der Waals surface area contributed by atoms with Crippen molar-refractivity contribution in [3.63, 3.8) is 0 Å². The molecule has 27 heavy (non-hydrogen) atoms. The molecule has 0 atom stereocenters. The molecule has 0 aliphatic rings. The molecule has 1 nitrogen and oxygen atoms in total. The summed E-state index contributed by atoms with van der Waals surface area (Å²) in [5, 5.41) is 1.58. The van der Waals surface area contributed by atoms with E-state index in [9.17, 15) is 4.79 Å². The Morgan fingerprint density at radius 1 is 0.481 bits per heavy atom. The fraction of sp³-hybridized carbons (Fsp3) is 0. The zero-order chi connectivity index (χ0) is 18.2.